The van der Waals surface area contributed by atoms with Gasteiger partial charge in [0.1, 0.15) is 0 Å². The van der Waals surface area contributed by atoms with Gasteiger partial charge in [-0.05, 0) is 6.26 Å². The molecule has 10 heavy (non-hydrogen) atoms. The third-order valence-electron chi connectivity index (χ3n) is 1.38. The van der Waals surface area contributed by atoms with Gasteiger partial charge < -0.3 is 5.32 Å². The molecule has 0 saturated heterocycles. The Hall–Kier alpha value is -0.510. The van der Waals surface area contributed by atoms with Gasteiger partial charge in [-0.25, -0.2) is 0 Å². The standard InChI is InChI=1S/C6H10N2OS/c1-4-3-7-6(10-2)8-5(4)9/h4H,3H2,1-2H3,(H,7,8,9). The number of nitrogens with one attached hydrogen (secondary N) is 1. The average Bonchev–Trinajstić information content (AvgIpc) is 1.95. The molecular formula is C6H10N2OS. The van der Waals surface area contributed by atoms with Gasteiger partial charge in [0.2, 0.25) is 5.91 Å². The van der Waals surface area contributed by atoms with E-state index in [0.717, 1.165) is 5.17 Å². The molecule has 0 radical (unpaired) electrons. The zero-order chi connectivity index (χ0) is 7.56. The van der Waals surface area contributed by atoms with Crippen LogP contribution in [0.4, 0.5) is 0 Å². The van der Waals surface area contributed by atoms with Crippen molar-refractivity contribution in [1.82, 2.24) is 5.32 Å². The van der Waals surface area contributed by atoms with Crippen molar-refractivity contribution in [2.75, 3.05) is 12.8 Å². The second kappa shape index (κ2) is 3.05. The van der Waals surface area contributed by atoms with Crippen molar-refractivity contribution in [2.45, 2.75) is 6.92 Å². The summed E-state index contributed by atoms with van der Waals surface area (Å²) in [6.45, 7) is 2.50. The van der Waals surface area contributed by atoms with Crippen molar-refractivity contribution < 1.29 is 4.79 Å². The molecule has 0 spiro atoms. The van der Waals surface area contributed by atoms with Crippen LogP contribution in [0.1, 0.15) is 6.92 Å². The molecule has 1 N–H and O–H groups in total. The van der Waals surface area contributed by atoms with E-state index in [0.29, 0.717) is 6.54 Å². The maximum Gasteiger partial charge on any atom is 0.230 e. The lowest BCUT2D eigenvalue weighted by Crippen LogP contribution is -2.38. The third kappa shape index (κ3) is 1.50. The van der Waals surface area contributed by atoms with Gasteiger partial charge in [-0.1, -0.05) is 18.7 Å². The average molecular weight is 158 g/mol. The highest BCUT2D eigenvalue weighted by Gasteiger charge is 2.18. The summed E-state index contributed by atoms with van der Waals surface area (Å²) < 4.78 is 0. The summed E-state index contributed by atoms with van der Waals surface area (Å²) >= 11 is 1.47. The van der Waals surface area contributed by atoms with E-state index in [4.69, 9.17) is 0 Å². The first kappa shape index (κ1) is 7.60. The Morgan fingerprint density at radius 3 is 3.00 bits per heavy atom. The summed E-state index contributed by atoms with van der Waals surface area (Å²) in [7, 11) is 0. The maximum absolute atomic E-state index is 11.0. The van der Waals surface area contributed by atoms with Crippen LogP contribution < -0.4 is 5.32 Å². The fourth-order valence-electron chi connectivity index (χ4n) is 0.686. The Kier molecular flexibility index (Phi) is 2.32. The minimum Gasteiger partial charge on any atom is -0.305 e. The van der Waals surface area contributed by atoms with E-state index >= 15 is 0 Å². The summed E-state index contributed by atoms with van der Waals surface area (Å²) in [6.07, 6.45) is 1.90. The smallest absolute Gasteiger partial charge is 0.230 e. The monoisotopic (exact) mass is 158 g/mol. The number of amides is 1. The quantitative estimate of drug-likeness (QED) is 0.557. The number of carbonyl (C=O) groups excluding carboxylic acids is 1. The molecule has 1 unspecified atom stereocenters. The largest absolute Gasteiger partial charge is 0.305 e. The van der Waals surface area contributed by atoms with Crippen molar-refractivity contribution in [1.29, 1.82) is 0 Å². The topological polar surface area (TPSA) is 41.5 Å². The minimum atomic E-state index is 0.0379. The van der Waals surface area contributed by atoms with Gasteiger partial charge in [-0.2, -0.15) is 0 Å². The molecule has 1 aliphatic rings. The van der Waals surface area contributed by atoms with E-state index in [9.17, 15) is 4.79 Å². The number of aliphatic imine (C=N–C) groups is 1. The summed E-state index contributed by atoms with van der Waals surface area (Å²) in [4.78, 5) is 15.1. The molecule has 1 aliphatic heterocycles. The molecule has 1 heterocycles. The van der Waals surface area contributed by atoms with Crippen LogP contribution in [0, 0.1) is 5.92 Å². The van der Waals surface area contributed by atoms with Crippen LogP contribution in [0.2, 0.25) is 0 Å². The number of hydrogen-bond donors (Lipinski definition) is 1. The molecule has 0 aromatic heterocycles. The Morgan fingerprint density at radius 1 is 1.80 bits per heavy atom. The number of amidine groups is 1. The van der Waals surface area contributed by atoms with Crippen LogP contribution in [-0.2, 0) is 4.79 Å². The molecule has 4 heteroatoms. The Bertz CT molecular complexity index is 179. The van der Waals surface area contributed by atoms with Crippen LogP contribution in [0.25, 0.3) is 0 Å². The zero-order valence-electron chi connectivity index (χ0n) is 6.05. The predicted octanol–water partition coefficient (Wildman–Crippen LogP) is 0.471. The third-order valence-corrected chi connectivity index (χ3v) is 2.00. The van der Waals surface area contributed by atoms with Crippen LogP contribution in [0.15, 0.2) is 4.99 Å². The van der Waals surface area contributed by atoms with Crippen molar-refractivity contribution in [3.8, 4) is 0 Å². The zero-order valence-corrected chi connectivity index (χ0v) is 6.86. The molecular weight excluding hydrogens is 148 g/mol. The van der Waals surface area contributed by atoms with Gasteiger partial charge >= 0.3 is 0 Å². The van der Waals surface area contributed by atoms with E-state index in [1.54, 1.807) is 0 Å². The Balaban J connectivity index is 2.61. The van der Waals surface area contributed by atoms with Gasteiger partial charge in [0.15, 0.2) is 5.17 Å². The fraction of sp³-hybridized carbons (Fsp3) is 0.667. The lowest BCUT2D eigenvalue weighted by Gasteiger charge is -2.16. The van der Waals surface area contributed by atoms with Crippen molar-refractivity contribution in [3.05, 3.63) is 0 Å². The van der Waals surface area contributed by atoms with Gasteiger partial charge in [-0.3, -0.25) is 9.79 Å². The van der Waals surface area contributed by atoms with Crippen LogP contribution in [-0.4, -0.2) is 23.9 Å². The molecule has 1 rings (SSSR count). The molecule has 0 fully saturated rings. The van der Waals surface area contributed by atoms with Crippen molar-refractivity contribution >= 4 is 22.8 Å². The molecule has 0 bridgehead atoms. The Morgan fingerprint density at radius 2 is 2.50 bits per heavy atom. The lowest BCUT2D eigenvalue weighted by molar-refractivity contribution is -0.123. The summed E-state index contributed by atoms with van der Waals surface area (Å²) in [5.74, 6) is 0.121. The van der Waals surface area contributed by atoms with E-state index < -0.39 is 0 Å². The molecule has 0 aliphatic carbocycles. The predicted molar refractivity (Wildman–Crippen MR) is 43.1 cm³/mol. The van der Waals surface area contributed by atoms with Crippen LogP contribution in [0.5, 0.6) is 0 Å². The number of carbonyl (C=O) groups is 1. The van der Waals surface area contributed by atoms with E-state index in [1.807, 2.05) is 13.2 Å². The van der Waals surface area contributed by atoms with Crippen LogP contribution >= 0.6 is 11.8 Å². The minimum absolute atomic E-state index is 0.0379. The molecule has 1 atom stereocenters. The normalized spacial score (nSPS) is 25.6. The Labute approximate surface area is 64.3 Å². The lowest BCUT2D eigenvalue weighted by atomic mass is 10.1. The second-order valence-corrected chi connectivity index (χ2v) is 3.04. The highest BCUT2D eigenvalue weighted by molar-refractivity contribution is 8.13. The highest BCUT2D eigenvalue weighted by Crippen LogP contribution is 2.06. The highest BCUT2D eigenvalue weighted by atomic mass is 32.2. The first-order chi connectivity index (χ1) is 4.74. The SMILES string of the molecule is CSC1=NCC(C)C(=O)N1. The van der Waals surface area contributed by atoms with Gasteiger partial charge in [0.25, 0.3) is 0 Å². The number of thioether (sulfide) groups is 1. The molecule has 0 aromatic rings. The first-order valence-electron chi connectivity index (χ1n) is 3.13. The molecule has 3 nitrogen and oxygen atoms in total. The molecule has 0 saturated carbocycles. The van der Waals surface area contributed by atoms with E-state index in [1.165, 1.54) is 11.8 Å². The summed E-state index contributed by atoms with van der Waals surface area (Å²) in [5.41, 5.74) is 0. The maximum atomic E-state index is 11.0. The molecule has 0 aromatic carbocycles. The number of nitrogens with zero attached hydrogens (tertiary/aromatic N) is 1. The van der Waals surface area contributed by atoms with Gasteiger partial charge in [-0.15, -0.1) is 0 Å². The second-order valence-electron chi connectivity index (χ2n) is 2.24. The van der Waals surface area contributed by atoms with Crippen molar-refractivity contribution in [2.24, 2.45) is 10.9 Å². The first-order valence-corrected chi connectivity index (χ1v) is 4.36. The summed E-state index contributed by atoms with van der Waals surface area (Å²) in [5, 5.41) is 3.43. The van der Waals surface area contributed by atoms with Crippen LogP contribution in [0.3, 0.4) is 0 Å². The summed E-state index contributed by atoms with van der Waals surface area (Å²) in [6, 6.07) is 0. The van der Waals surface area contributed by atoms with E-state index in [2.05, 4.69) is 10.3 Å². The van der Waals surface area contributed by atoms with Gasteiger partial charge in [0, 0.05) is 0 Å². The molecule has 56 valence electrons. The van der Waals surface area contributed by atoms with Gasteiger partial charge in [0.05, 0.1) is 12.5 Å². The number of rotatable bonds is 0. The number of hydrogen-bond acceptors (Lipinski definition) is 3. The fourth-order valence-corrected chi connectivity index (χ4v) is 1.09. The molecule has 1 amide bonds. The van der Waals surface area contributed by atoms with Crippen molar-refractivity contribution in [3.63, 3.8) is 0 Å². The van der Waals surface area contributed by atoms with E-state index in [-0.39, 0.29) is 11.8 Å².